The molecule has 0 N–H and O–H groups in total. The Bertz CT molecular complexity index is 125. The first-order valence-electron chi connectivity index (χ1n) is 4.64. The van der Waals surface area contributed by atoms with Crippen molar-refractivity contribution >= 4 is 0 Å². The molecule has 0 aromatic carbocycles. The molecule has 1 heteroatoms. The Labute approximate surface area is 76.1 Å². The zero-order chi connectivity index (χ0) is 9.07. The largest absolute Gasteiger partial charge is 0.498 e. The molecule has 0 unspecified atom stereocenters. The van der Waals surface area contributed by atoms with Crippen molar-refractivity contribution in [2.75, 3.05) is 0 Å². The van der Waals surface area contributed by atoms with Crippen LogP contribution in [0.3, 0.4) is 0 Å². The van der Waals surface area contributed by atoms with Gasteiger partial charge in [-0.2, -0.15) is 0 Å². The minimum absolute atomic E-state index is 1.17. The highest BCUT2D eigenvalue weighted by molar-refractivity contribution is 4.99. The van der Waals surface area contributed by atoms with Crippen LogP contribution in [-0.4, -0.2) is 0 Å². The minimum atomic E-state index is 1.17. The van der Waals surface area contributed by atoms with Gasteiger partial charge in [-0.1, -0.05) is 38.3 Å². The Balaban J connectivity index is 3.07. The molecule has 0 aromatic rings. The number of hydrogen-bond acceptors (Lipinski definition) is 1. The third-order valence-corrected chi connectivity index (χ3v) is 1.65. The molecule has 69 valence electrons. The standard InChI is InChI=1S/C11H19O/c1-3-4-5-6-7-8-9-10-11-12-2/h8-11H,2-7H2,1H3/b9-8+,11-10+. The molecule has 0 saturated heterocycles. The molecule has 0 aliphatic rings. The van der Waals surface area contributed by atoms with Crippen LogP contribution in [0.4, 0.5) is 0 Å². The van der Waals surface area contributed by atoms with E-state index in [9.17, 15) is 0 Å². The fraction of sp³-hybridized carbons (Fsp3) is 0.545. The van der Waals surface area contributed by atoms with Gasteiger partial charge in [-0.05, 0) is 18.9 Å². The van der Waals surface area contributed by atoms with E-state index in [1.807, 2.05) is 12.2 Å². The van der Waals surface area contributed by atoms with E-state index in [0.717, 1.165) is 0 Å². The normalized spacial score (nSPS) is 11.5. The van der Waals surface area contributed by atoms with Gasteiger partial charge in [-0.25, -0.2) is 0 Å². The van der Waals surface area contributed by atoms with Crippen LogP contribution in [0, 0.1) is 7.11 Å². The van der Waals surface area contributed by atoms with E-state index in [1.54, 1.807) is 6.26 Å². The number of hydrogen-bond donors (Lipinski definition) is 0. The van der Waals surface area contributed by atoms with E-state index in [4.69, 9.17) is 0 Å². The number of allylic oxidation sites excluding steroid dienone is 3. The van der Waals surface area contributed by atoms with Crippen LogP contribution in [0.15, 0.2) is 24.5 Å². The number of rotatable bonds is 7. The van der Waals surface area contributed by atoms with Gasteiger partial charge in [0.15, 0.2) is 0 Å². The topological polar surface area (TPSA) is 9.23 Å². The highest BCUT2D eigenvalue weighted by Gasteiger charge is 1.82. The zero-order valence-electron chi connectivity index (χ0n) is 7.96. The van der Waals surface area contributed by atoms with E-state index < -0.39 is 0 Å². The van der Waals surface area contributed by atoms with Crippen molar-refractivity contribution in [3.05, 3.63) is 31.6 Å². The average molecular weight is 167 g/mol. The highest BCUT2D eigenvalue weighted by Crippen LogP contribution is 2.02. The zero-order valence-corrected chi connectivity index (χ0v) is 7.96. The fourth-order valence-corrected chi connectivity index (χ4v) is 0.965. The first-order valence-corrected chi connectivity index (χ1v) is 4.64. The van der Waals surface area contributed by atoms with Crippen molar-refractivity contribution in [2.24, 2.45) is 0 Å². The Morgan fingerprint density at radius 1 is 1.17 bits per heavy atom. The molecular formula is C11H19O. The van der Waals surface area contributed by atoms with Crippen LogP contribution in [0.25, 0.3) is 0 Å². The third kappa shape index (κ3) is 9.28. The first kappa shape index (κ1) is 11.3. The maximum absolute atomic E-state index is 4.51. The van der Waals surface area contributed by atoms with E-state index in [1.165, 1.54) is 32.1 Å². The lowest BCUT2D eigenvalue weighted by Gasteiger charge is -1.92. The van der Waals surface area contributed by atoms with Gasteiger partial charge in [0.2, 0.25) is 0 Å². The van der Waals surface area contributed by atoms with E-state index in [2.05, 4.69) is 24.8 Å². The maximum Gasteiger partial charge on any atom is 0.121 e. The smallest absolute Gasteiger partial charge is 0.121 e. The van der Waals surface area contributed by atoms with Crippen LogP contribution in [0.2, 0.25) is 0 Å². The summed E-state index contributed by atoms with van der Waals surface area (Å²) in [6.07, 6.45) is 14.0. The van der Waals surface area contributed by atoms with Crippen molar-refractivity contribution in [1.29, 1.82) is 0 Å². The summed E-state index contributed by atoms with van der Waals surface area (Å²) in [5, 5.41) is 0. The Hall–Kier alpha value is -0.720. The molecule has 0 aliphatic carbocycles. The maximum atomic E-state index is 4.51. The lowest BCUT2D eigenvalue weighted by molar-refractivity contribution is 0.394. The molecule has 0 spiro atoms. The Kier molecular flexibility index (Phi) is 9.66. The second-order valence-electron chi connectivity index (χ2n) is 2.77. The van der Waals surface area contributed by atoms with Gasteiger partial charge >= 0.3 is 0 Å². The Morgan fingerprint density at radius 2 is 2.00 bits per heavy atom. The molecule has 0 aliphatic heterocycles. The summed E-state index contributed by atoms with van der Waals surface area (Å²) in [7, 11) is 3.22. The average Bonchev–Trinajstić information content (AvgIpc) is 2.10. The lowest BCUT2D eigenvalue weighted by Crippen LogP contribution is -1.73. The lowest BCUT2D eigenvalue weighted by atomic mass is 10.1. The summed E-state index contributed by atoms with van der Waals surface area (Å²) in [5.41, 5.74) is 0. The van der Waals surface area contributed by atoms with Gasteiger partial charge in [0.25, 0.3) is 0 Å². The molecule has 0 heterocycles. The van der Waals surface area contributed by atoms with Crippen molar-refractivity contribution in [3.8, 4) is 0 Å². The molecule has 0 amide bonds. The second-order valence-corrected chi connectivity index (χ2v) is 2.77. The first-order chi connectivity index (χ1) is 5.91. The summed E-state index contributed by atoms with van der Waals surface area (Å²) >= 11 is 0. The van der Waals surface area contributed by atoms with Crippen molar-refractivity contribution in [2.45, 2.75) is 39.0 Å². The monoisotopic (exact) mass is 167 g/mol. The third-order valence-electron chi connectivity index (χ3n) is 1.65. The summed E-state index contributed by atoms with van der Waals surface area (Å²) in [5.74, 6) is 0. The van der Waals surface area contributed by atoms with Crippen molar-refractivity contribution in [1.82, 2.24) is 0 Å². The van der Waals surface area contributed by atoms with Crippen molar-refractivity contribution in [3.63, 3.8) is 0 Å². The Morgan fingerprint density at radius 3 is 2.67 bits per heavy atom. The minimum Gasteiger partial charge on any atom is -0.498 e. The van der Waals surface area contributed by atoms with Crippen molar-refractivity contribution < 1.29 is 4.74 Å². The second kappa shape index (κ2) is 10.3. The van der Waals surface area contributed by atoms with E-state index in [0.29, 0.717) is 0 Å². The number of ether oxygens (including phenoxy) is 1. The van der Waals surface area contributed by atoms with Crippen LogP contribution >= 0.6 is 0 Å². The molecule has 1 radical (unpaired) electrons. The molecule has 0 aromatic heterocycles. The molecule has 0 bridgehead atoms. The van der Waals surface area contributed by atoms with Crippen LogP contribution < -0.4 is 0 Å². The van der Waals surface area contributed by atoms with Gasteiger partial charge in [0.05, 0.1) is 6.26 Å². The number of unbranched alkanes of at least 4 members (excludes halogenated alkanes) is 4. The van der Waals surface area contributed by atoms with E-state index >= 15 is 0 Å². The van der Waals surface area contributed by atoms with Gasteiger partial charge in [-0.15, -0.1) is 0 Å². The van der Waals surface area contributed by atoms with Gasteiger partial charge in [0.1, 0.15) is 7.11 Å². The van der Waals surface area contributed by atoms with Crippen LogP contribution in [0.1, 0.15) is 39.0 Å². The molecule has 0 rings (SSSR count). The summed E-state index contributed by atoms with van der Waals surface area (Å²) in [6, 6.07) is 0. The van der Waals surface area contributed by atoms with Gasteiger partial charge < -0.3 is 4.74 Å². The van der Waals surface area contributed by atoms with Crippen LogP contribution in [-0.2, 0) is 4.74 Å². The fourth-order valence-electron chi connectivity index (χ4n) is 0.965. The highest BCUT2D eigenvalue weighted by atomic mass is 16.5. The molecule has 0 fully saturated rings. The van der Waals surface area contributed by atoms with Crippen LogP contribution in [0.5, 0.6) is 0 Å². The SMILES string of the molecule is [CH2]O/C=C/C=C/CCCCCC. The molecule has 1 nitrogen and oxygen atoms in total. The quantitative estimate of drug-likeness (QED) is 0.318. The summed E-state index contributed by atoms with van der Waals surface area (Å²) in [6.45, 7) is 2.23. The van der Waals surface area contributed by atoms with Gasteiger partial charge in [0, 0.05) is 0 Å². The predicted molar refractivity (Wildman–Crippen MR) is 53.5 cm³/mol. The summed E-state index contributed by atoms with van der Waals surface area (Å²) < 4.78 is 4.51. The summed E-state index contributed by atoms with van der Waals surface area (Å²) in [4.78, 5) is 0. The van der Waals surface area contributed by atoms with Gasteiger partial charge in [-0.3, -0.25) is 0 Å². The molecule has 0 saturated carbocycles. The predicted octanol–water partition coefficient (Wildman–Crippen LogP) is 3.83. The molecular weight excluding hydrogens is 148 g/mol. The van der Waals surface area contributed by atoms with E-state index in [-0.39, 0.29) is 0 Å². The molecule has 12 heavy (non-hydrogen) atoms. The molecule has 0 atom stereocenters.